The normalized spacial score (nSPS) is 15.9. The topological polar surface area (TPSA) is 70.5 Å². The first-order valence-electron chi connectivity index (χ1n) is 6.74. The van der Waals surface area contributed by atoms with Crippen molar-refractivity contribution in [1.29, 1.82) is 5.41 Å². The van der Waals surface area contributed by atoms with Crippen molar-refractivity contribution in [2.45, 2.75) is 0 Å². The van der Waals surface area contributed by atoms with Gasteiger partial charge in [-0.25, -0.2) is 4.90 Å². The third-order valence-electron chi connectivity index (χ3n) is 3.21. The van der Waals surface area contributed by atoms with Crippen LogP contribution in [0.2, 0.25) is 5.02 Å². The summed E-state index contributed by atoms with van der Waals surface area (Å²) in [6.45, 7) is 0. The lowest BCUT2D eigenvalue weighted by Crippen LogP contribution is -2.28. The van der Waals surface area contributed by atoms with E-state index in [1.165, 1.54) is 0 Å². The fourth-order valence-electron chi connectivity index (χ4n) is 2.14. The second-order valence-electron chi connectivity index (χ2n) is 4.77. The van der Waals surface area contributed by atoms with Crippen molar-refractivity contribution in [1.82, 2.24) is 0 Å². The molecule has 1 aliphatic heterocycles. The average Bonchev–Trinajstić information content (AvgIpc) is 2.82. The molecule has 6 heteroatoms. The summed E-state index contributed by atoms with van der Waals surface area (Å²) in [7, 11) is 0. The first-order valence-corrected chi connectivity index (χ1v) is 7.11. The number of benzene rings is 2. The highest BCUT2D eigenvalue weighted by molar-refractivity contribution is 6.31. The number of anilines is 1. The van der Waals surface area contributed by atoms with E-state index in [4.69, 9.17) is 21.7 Å². The molecule has 0 bridgehead atoms. The van der Waals surface area contributed by atoms with Gasteiger partial charge in [-0.1, -0.05) is 48.0 Å². The van der Waals surface area contributed by atoms with Crippen LogP contribution in [0, 0.1) is 5.41 Å². The molecule has 2 aromatic carbocycles. The fraction of sp³-hybridized carbons (Fsp3) is 0. The van der Waals surface area contributed by atoms with Crippen LogP contribution in [0.5, 0.6) is 0 Å². The second-order valence-corrected chi connectivity index (χ2v) is 5.20. The number of ether oxygens (including phenoxy) is 1. The van der Waals surface area contributed by atoms with E-state index in [9.17, 15) is 9.59 Å². The SMILES string of the molecule is N=C1O/C(=C\C(=O)c2ccccc2)C(=O)N1c1cccc(Cl)c1. The molecule has 0 radical (unpaired) electrons. The highest BCUT2D eigenvalue weighted by Gasteiger charge is 2.35. The Morgan fingerprint density at radius 2 is 1.87 bits per heavy atom. The van der Waals surface area contributed by atoms with E-state index in [0.29, 0.717) is 16.3 Å². The Bertz CT molecular complexity index is 831. The summed E-state index contributed by atoms with van der Waals surface area (Å²) < 4.78 is 5.13. The third kappa shape index (κ3) is 3.00. The number of nitrogens with zero attached hydrogens (tertiary/aromatic N) is 1. The summed E-state index contributed by atoms with van der Waals surface area (Å²) >= 11 is 5.90. The highest BCUT2D eigenvalue weighted by Crippen LogP contribution is 2.26. The summed E-state index contributed by atoms with van der Waals surface area (Å²) in [5.41, 5.74) is 0.840. The number of hydrogen-bond acceptors (Lipinski definition) is 4. The molecule has 0 aliphatic carbocycles. The molecule has 1 fully saturated rings. The molecule has 1 N–H and O–H groups in total. The van der Waals surface area contributed by atoms with Gasteiger partial charge in [0.2, 0.25) is 5.76 Å². The van der Waals surface area contributed by atoms with Crippen molar-refractivity contribution in [2.24, 2.45) is 0 Å². The van der Waals surface area contributed by atoms with Crippen LogP contribution < -0.4 is 4.90 Å². The minimum Gasteiger partial charge on any atom is -0.419 e. The molecule has 1 heterocycles. The van der Waals surface area contributed by atoms with Gasteiger partial charge in [-0.15, -0.1) is 0 Å². The Morgan fingerprint density at radius 3 is 2.57 bits per heavy atom. The molecule has 2 aromatic rings. The maximum absolute atomic E-state index is 12.4. The number of rotatable bonds is 3. The lowest BCUT2D eigenvalue weighted by molar-refractivity contribution is -0.114. The molecule has 1 aliphatic rings. The molecule has 114 valence electrons. The third-order valence-corrected chi connectivity index (χ3v) is 3.45. The minimum atomic E-state index is -0.582. The van der Waals surface area contributed by atoms with Crippen LogP contribution in [-0.4, -0.2) is 17.7 Å². The number of amides is 1. The number of nitrogens with one attached hydrogen (secondary N) is 1. The van der Waals surface area contributed by atoms with Gasteiger partial charge in [0.25, 0.3) is 0 Å². The quantitative estimate of drug-likeness (QED) is 0.694. The molecule has 0 spiro atoms. The number of ketones is 1. The van der Waals surface area contributed by atoms with Crippen molar-refractivity contribution in [3.05, 3.63) is 77.0 Å². The Hall–Kier alpha value is -2.92. The molecule has 0 atom stereocenters. The largest absolute Gasteiger partial charge is 0.419 e. The van der Waals surface area contributed by atoms with Crippen molar-refractivity contribution in [3.8, 4) is 0 Å². The van der Waals surface area contributed by atoms with Crippen LogP contribution in [0.25, 0.3) is 0 Å². The molecule has 1 amide bonds. The number of carbonyl (C=O) groups excluding carboxylic acids is 2. The predicted octanol–water partition coefficient (Wildman–Crippen LogP) is 3.40. The number of halogens is 1. The number of carbonyl (C=O) groups is 2. The first-order chi connectivity index (χ1) is 11.1. The van der Waals surface area contributed by atoms with Crippen LogP contribution in [0.4, 0.5) is 5.69 Å². The molecule has 0 saturated carbocycles. The lowest BCUT2D eigenvalue weighted by atomic mass is 10.1. The Kier molecular flexibility index (Phi) is 3.95. The van der Waals surface area contributed by atoms with E-state index >= 15 is 0 Å². The number of hydrogen-bond donors (Lipinski definition) is 1. The average molecular weight is 327 g/mol. The van der Waals surface area contributed by atoms with Gasteiger partial charge in [-0.3, -0.25) is 15.0 Å². The molecular formula is C17H11ClN2O3. The van der Waals surface area contributed by atoms with E-state index in [1.54, 1.807) is 54.6 Å². The standard InChI is InChI=1S/C17H11ClN2O3/c18-12-7-4-8-13(9-12)20-16(22)15(23-17(20)19)10-14(21)11-5-2-1-3-6-11/h1-10,19H/b15-10-,19-17?. The summed E-state index contributed by atoms with van der Waals surface area (Å²) in [6.07, 6.45) is 1.09. The van der Waals surface area contributed by atoms with E-state index in [-0.39, 0.29) is 17.6 Å². The van der Waals surface area contributed by atoms with Gasteiger partial charge in [0.05, 0.1) is 5.69 Å². The van der Waals surface area contributed by atoms with Crippen LogP contribution in [0.1, 0.15) is 10.4 Å². The highest BCUT2D eigenvalue weighted by atomic mass is 35.5. The Balaban J connectivity index is 1.89. The molecule has 23 heavy (non-hydrogen) atoms. The molecule has 0 aromatic heterocycles. The van der Waals surface area contributed by atoms with Gasteiger partial charge in [0, 0.05) is 16.7 Å². The van der Waals surface area contributed by atoms with Crippen molar-refractivity contribution < 1.29 is 14.3 Å². The monoisotopic (exact) mass is 326 g/mol. The summed E-state index contributed by atoms with van der Waals surface area (Å²) in [4.78, 5) is 25.6. The number of amidine groups is 1. The van der Waals surface area contributed by atoms with E-state index in [1.807, 2.05) is 0 Å². The zero-order valence-electron chi connectivity index (χ0n) is 11.8. The van der Waals surface area contributed by atoms with Gasteiger partial charge >= 0.3 is 11.9 Å². The zero-order valence-corrected chi connectivity index (χ0v) is 12.6. The van der Waals surface area contributed by atoms with Crippen LogP contribution >= 0.6 is 11.6 Å². The summed E-state index contributed by atoms with van der Waals surface area (Å²) in [5, 5.41) is 8.24. The lowest BCUT2D eigenvalue weighted by Gasteiger charge is -2.11. The smallest absolute Gasteiger partial charge is 0.302 e. The van der Waals surface area contributed by atoms with Crippen LogP contribution in [-0.2, 0) is 9.53 Å². The van der Waals surface area contributed by atoms with Gasteiger partial charge < -0.3 is 4.74 Å². The van der Waals surface area contributed by atoms with Gasteiger partial charge in [-0.05, 0) is 18.2 Å². The molecule has 0 unspecified atom stereocenters. The summed E-state index contributed by atoms with van der Waals surface area (Å²) in [6, 6.07) is 14.6. The van der Waals surface area contributed by atoms with E-state index in [2.05, 4.69) is 0 Å². The van der Waals surface area contributed by atoms with Crippen LogP contribution in [0.15, 0.2) is 66.4 Å². The van der Waals surface area contributed by atoms with Crippen LogP contribution in [0.3, 0.4) is 0 Å². The Morgan fingerprint density at radius 1 is 1.13 bits per heavy atom. The summed E-state index contributed by atoms with van der Waals surface area (Å²) in [5.74, 6) is -1.14. The van der Waals surface area contributed by atoms with Gasteiger partial charge in [0.15, 0.2) is 5.78 Å². The van der Waals surface area contributed by atoms with E-state index < -0.39 is 5.91 Å². The molecule has 3 rings (SSSR count). The first kappa shape index (κ1) is 15.0. The molecule has 1 saturated heterocycles. The maximum atomic E-state index is 12.4. The maximum Gasteiger partial charge on any atom is 0.302 e. The zero-order chi connectivity index (χ0) is 16.4. The predicted molar refractivity (Wildman–Crippen MR) is 86.6 cm³/mol. The van der Waals surface area contributed by atoms with Crippen molar-refractivity contribution >= 4 is 35.0 Å². The van der Waals surface area contributed by atoms with Gasteiger partial charge in [0.1, 0.15) is 0 Å². The molecular weight excluding hydrogens is 316 g/mol. The second kappa shape index (κ2) is 6.06. The van der Waals surface area contributed by atoms with Crippen molar-refractivity contribution in [3.63, 3.8) is 0 Å². The van der Waals surface area contributed by atoms with E-state index in [0.717, 1.165) is 11.0 Å². The minimum absolute atomic E-state index is 0.191. The van der Waals surface area contributed by atoms with Gasteiger partial charge in [-0.2, -0.15) is 0 Å². The fourth-order valence-corrected chi connectivity index (χ4v) is 2.33. The molecule has 5 nitrogen and oxygen atoms in total. The van der Waals surface area contributed by atoms with Crippen molar-refractivity contribution in [2.75, 3.05) is 4.90 Å². The number of allylic oxidation sites excluding steroid dienone is 1. The Labute approximate surface area is 137 Å².